The summed E-state index contributed by atoms with van der Waals surface area (Å²) in [7, 11) is 0. The van der Waals surface area contributed by atoms with Gasteiger partial charge < -0.3 is 0 Å². The largest absolute Gasteiger partial charge is 0.234 e. The van der Waals surface area contributed by atoms with Crippen LogP contribution in [0.3, 0.4) is 0 Å². The molecule has 0 saturated heterocycles. The molecule has 0 amide bonds. The zero-order chi connectivity index (χ0) is 8.72. The average Bonchev–Trinajstić information content (AvgIpc) is 2.31. The number of aromatic nitrogens is 2. The van der Waals surface area contributed by atoms with Gasteiger partial charge in [-0.15, -0.1) is 0 Å². The lowest BCUT2D eigenvalue weighted by molar-refractivity contribution is 0.573. The molecule has 0 unspecified atom stereocenters. The molecule has 2 aromatic rings. The Bertz CT molecular complexity index is 438. The first-order valence-electron chi connectivity index (χ1n) is 3.16. The predicted octanol–water partition coefficient (Wildman–Crippen LogP) is 2.38. The molecule has 0 bridgehead atoms. The van der Waals surface area contributed by atoms with Crippen LogP contribution in [0.4, 0.5) is 8.78 Å². The summed E-state index contributed by atoms with van der Waals surface area (Å²) < 4.78 is 27.3. The first-order valence-corrected chi connectivity index (χ1v) is 3.95. The number of fused-ring (bicyclic) bond motifs is 1. The van der Waals surface area contributed by atoms with E-state index in [-0.39, 0.29) is 5.52 Å². The van der Waals surface area contributed by atoms with E-state index in [9.17, 15) is 8.78 Å². The molecule has 2 aromatic heterocycles. The highest BCUT2D eigenvalue weighted by Crippen LogP contribution is 2.20. The van der Waals surface area contributed by atoms with Gasteiger partial charge >= 0.3 is 0 Å². The third-order valence-electron chi connectivity index (χ3n) is 1.49. The molecule has 0 fully saturated rings. The van der Waals surface area contributed by atoms with Gasteiger partial charge in [-0.1, -0.05) is 0 Å². The second-order valence-corrected chi connectivity index (χ2v) is 3.15. The quantitative estimate of drug-likeness (QED) is 0.682. The Morgan fingerprint density at radius 3 is 2.92 bits per heavy atom. The summed E-state index contributed by atoms with van der Waals surface area (Å²) in [5, 5.41) is 3.73. The van der Waals surface area contributed by atoms with Crippen molar-refractivity contribution in [2.75, 3.05) is 0 Å². The Morgan fingerprint density at radius 2 is 2.17 bits per heavy atom. The Balaban J connectivity index is 2.93. The van der Waals surface area contributed by atoms with Crippen molar-refractivity contribution in [1.29, 1.82) is 0 Å². The van der Waals surface area contributed by atoms with Gasteiger partial charge in [0.1, 0.15) is 11.3 Å². The molecule has 0 aliphatic carbocycles. The van der Waals surface area contributed by atoms with Crippen LogP contribution in [0.15, 0.2) is 22.9 Å². The summed E-state index contributed by atoms with van der Waals surface area (Å²) in [6, 6.07) is 0.821. The summed E-state index contributed by atoms with van der Waals surface area (Å²) in [5.74, 6) is -1.27. The van der Waals surface area contributed by atoms with Crippen molar-refractivity contribution in [2.24, 2.45) is 0 Å². The Labute approximate surface area is 74.9 Å². The maximum Gasteiger partial charge on any atom is 0.153 e. The predicted molar refractivity (Wildman–Crippen MR) is 42.8 cm³/mol. The molecule has 5 heteroatoms. The second kappa shape index (κ2) is 2.52. The molecule has 2 heterocycles. The van der Waals surface area contributed by atoms with E-state index >= 15 is 0 Å². The van der Waals surface area contributed by atoms with Crippen LogP contribution < -0.4 is 0 Å². The maximum atomic E-state index is 13.0. The number of pyridine rings is 1. The van der Waals surface area contributed by atoms with E-state index in [0.717, 1.165) is 16.8 Å². The molecule has 0 spiro atoms. The van der Waals surface area contributed by atoms with Crippen LogP contribution in [0.25, 0.3) is 5.52 Å². The van der Waals surface area contributed by atoms with Gasteiger partial charge in [0, 0.05) is 6.07 Å². The van der Waals surface area contributed by atoms with Crippen LogP contribution in [-0.2, 0) is 0 Å². The van der Waals surface area contributed by atoms with Gasteiger partial charge in [-0.25, -0.2) is 13.3 Å². The normalized spacial score (nSPS) is 10.9. The topological polar surface area (TPSA) is 17.3 Å². The molecule has 0 saturated carbocycles. The molecule has 0 aliphatic heterocycles. The van der Waals surface area contributed by atoms with E-state index in [1.807, 2.05) is 0 Å². The number of hydrogen-bond acceptors (Lipinski definition) is 1. The minimum atomic E-state index is -0.643. The van der Waals surface area contributed by atoms with Crippen LogP contribution in [0.5, 0.6) is 0 Å². The molecular formula is C7H3BrF2N2. The van der Waals surface area contributed by atoms with E-state index in [1.54, 1.807) is 0 Å². The van der Waals surface area contributed by atoms with Crippen molar-refractivity contribution in [2.45, 2.75) is 0 Å². The fourth-order valence-electron chi connectivity index (χ4n) is 1.01. The Hall–Kier alpha value is -0.970. The van der Waals surface area contributed by atoms with Gasteiger partial charge in [0.2, 0.25) is 0 Å². The fourth-order valence-corrected chi connectivity index (χ4v) is 1.47. The summed E-state index contributed by atoms with van der Waals surface area (Å²) in [6.07, 6.45) is 2.53. The number of nitrogens with zero attached hydrogens (tertiary/aromatic N) is 2. The summed E-state index contributed by atoms with van der Waals surface area (Å²) >= 11 is 3.10. The lowest BCUT2D eigenvalue weighted by atomic mass is 10.4. The van der Waals surface area contributed by atoms with Gasteiger partial charge in [-0.05, 0) is 15.9 Å². The molecule has 0 N–H and O–H groups in total. The third kappa shape index (κ3) is 1.01. The molecule has 2 rings (SSSR count). The molecule has 0 radical (unpaired) electrons. The van der Waals surface area contributed by atoms with Crippen LogP contribution in [0, 0.1) is 11.6 Å². The maximum absolute atomic E-state index is 13.0. The Morgan fingerprint density at radius 1 is 1.42 bits per heavy atom. The van der Waals surface area contributed by atoms with Crippen molar-refractivity contribution in [3.8, 4) is 0 Å². The van der Waals surface area contributed by atoms with Crippen molar-refractivity contribution in [3.05, 3.63) is 34.6 Å². The second-order valence-electron chi connectivity index (χ2n) is 2.29. The average molecular weight is 233 g/mol. The zero-order valence-electron chi connectivity index (χ0n) is 5.76. The van der Waals surface area contributed by atoms with E-state index in [1.165, 1.54) is 6.20 Å². The van der Waals surface area contributed by atoms with Gasteiger partial charge in [-0.3, -0.25) is 0 Å². The number of halogens is 3. The highest BCUT2D eigenvalue weighted by molar-refractivity contribution is 9.10. The SMILES string of the molecule is Fc1cc(F)c2c(Br)cnn2c1. The molecule has 0 aliphatic rings. The fraction of sp³-hybridized carbons (Fsp3) is 0. The number of hydrogen-bond donors (Lipinski definition) is 0. The summed E-state index contributed by atoms with van der Waals surface area (Å²) in [5.41, 5.74) is 0.247. The summed E-state index contributed by atoms with van der Waals surface area (Å²) in [6.45, 7) is 0. The monoisotopic (exact) mass is 232 g/mol. The Kier molecular flexibility index (Phi) is 1.61. The van der Waals surface area contributed by atoms with Gasteiger partial charge in [0.25, 0.3) is 0 Å². The van der Waals surface area contributed by atoms with Gasteiger partial charge in [0.15, 0.2) is 5.82 Å². The molecular weight excluding hydrogens is 230 g/mol. The first kappa shape index (κ1) is 7.67. The van der Waals surface area contributed by atoms with Crippen molar-refractivity contribution >= 4 is 21.4 Å². The van der Waals surface area contributed by atoms with E-state index in [0.29, 0.717) is 4.47 Å². The van der Waals surface area contributed by atoms with Crippen molar-refractivity contribution < 1.29 is 8.78 Å². The first-order chi connectivity index (χ1) is 5.68. The van der Waals surface area contributed by atoms with Crippen LogP contribution in [0.1, 0.15) is 0 Å². The lowest BCUT2D eigenvalue weighted by Crippen LogP contribution is -1.91. The van der Waals surface area contributed by atoms with E-state index < -0.39 is 11.6 Å². The minimum absolute atomic E-state index is 0.247. The summed E-state index contributed by atoms with van der Waals surface area (Å²) in [4.78, 5) is 0. The smallest absolute Gasteiger partial charge is 0.153 e. The highest BCUT2D eigenvalue weighted by atomic mass is 79.9. The standard InChI is InChI=1S/C7H3BrF2N2/c8-5-2-11-12-3-4(9)1-6(10)7(5)12/h1-3H. The molecule has 12 heavy (non-hydrogen) atoms. The van der Waals surface area contributed by atoms with Crippen LogP contribution >= 0.6 is 15.9 Å². The molecule has 0 aromatic carbocycles. The minimum Gasteiger partial charge on any atom is -0.234 e. The van der Waals surface area contributed by atoms with Gasteiger partial charge in [-0.2, -0.15) is 5.10 Å². The lowest BCUT2D eigenvalue weighted by Gasteiger charge is -1.95. The third-order valence-corrected chi connectivity index (χ3v) is 2.07. The van der Waals surface area contributed by atoms with Crippen LogP contribution in [0.2, 0.25) is 0 Å². The molecule has 62 valence electrons. The zero-order valence-corrected chi connectivity index (χ0v) is 7.35. The van der Waals surface area contributed by atoms with Gasteiger partial charge in [0.05, 0.1) is 16.9 Å². The van der Waals surface area contributed by atoms with Crippen molar-refractivity contribution in [3.63, 3.8) is 0 Å². The van der Waals surface area contributed by atoms with Crippen LogP contribution in [-0.4, -0.2) is 9.61 Å². The van der Waals surface area contributed by atoms with E-state index in [4.69, 9.17) is 0 Å². The number of rotatable bonds is 0. The van der Waals surface area contributed by atoms with E-state index in [2.05, 4.69) is 21.0 Å². The molecule has 2 nitrogen and oxygen atoms in total. The highest BCUT2D eigenvalue weighted by Gasteiger charge is 2.08. The van der Waals surface area contributed by atoms with Crippen molar-refractivity contribution in [1.82, 2.24) is 9.61 Å². The molecule has 0 atom stereocenters.